The molecule has 1 N–H and O–H groups in total. The summed E-state index contributed by atoms with van der Waals surface area (Å²) < 4.78 is 5.63. The molecule has 2 unspecified atom stereocenters. The van der Waals surface area contributed by atoms with Gasteiger partial charge >= 0.3 is 0 Å². The van der Waals surface area contributed by atoms with Crippen LogP contribution in [0.1, 0.15) is 38.5 Å². The first-order chi connectivity index (χ1) is 7.88. The molecule has 3 nitrogen and oxygen atoms in total. The first kappa shape index (κ1) is 12.3. The monoisotopic (exact) mass is 227 g/mol. The molecule has 0 aliphatic carbocycles. The molecule has 0 amide bonds. The summed E-state index contributed by atoms with van der Waals surface area (Å²) in [6, 6.07) is 0. The summed E-state index contributed by atoms with van der Waals surface area (Å²) >= 11 is 0. The molecule has 2 atom stereocenters. The second-order valence-electron chi connectivity index (χ2n) is 5.24. The average molecular weight is 227 g/mol. The molecule has 3 heteroatoms. The molecule has 2 aliphatic heterocycles. The highest BCUT2D eigenvalue weighted by atomic mass is 16.5. The van der Waals surface area contributed by atoms with Gasteiger partial charge in [0.1, 0.15) is 0 Å². The van der Waals surface area contributed by atoms with Gasteiger partial charge in [-0.15, -0.1) is 0 Å². The Morgan fingerprint density at radius 2 is 2.19 bits per heavy atom. The van der Waals surface area contributed by atoms with Gasteiger partial charge in [0.2, 0.25) is 0 Å². The fourth-order valence-electron chi connectivity index (χ4n) is 2.95. The molecule has 2 aliphatic rings. The number of likely N-dealkylation sites (tertiary alicyclic amines) is 1. The van der Waals surface area contributed by atoms with E-state index in [1.165, 1.54) is 51.7 Å². The molecule has 2 rings (SSSR count). The molecule has 0 bridgehead atoms. The van der Waals surface area contributed by atoms with Crippen LogP contribution < -0.4 is 0 Å². The number of aliphatic hydroxyl groups excluding tert-OH is 1. The number of ether oxygens (including phenoxy) is 1. The van der Waals surface area contributed by atoms with Gasteiger partial charge in [0.05, 0.1) is 6.10 Å². The van der Waals surface area contributed by atoms with Crippen molar-refractivity contribution in [3.8, 4) is 0 Å². The van der Waals surface area contributed by atoms with E-state index >= 15 is 0 Å². The summed E-state index contributed by atoms with van der Waals surface area (Å²) in [6.07, 6.45) is 7.86. The second-order valence-corrected chi connectivity index (χ2v) is 5.24. The summed E-state index contributed by atoms with van der Waals surface area (Å²) in [7, 11) is 0. The third kappa shape index (κ3) is 3.72. The van der Waals surface area contributed by atoms with Crippen molar-refractivity contribution in [2.75, 3.05) is 32.8 Å². The van der Waals surface area contributed by atoms with Crippen LogP contribution in [-0.2, 0) is 4.74 Å². The third-order valence-electron chi connectivity index (χ3n) is 3.93. The fourth-order valence-corrected chi connectivity index (χ4v) is 2.95. The van der Waals surface area contributed by atoms with Crippen LogP contribution in [0.2, 0.25) is 0 Å². The quantitative estimate of drug-likeness (QED) is 0.749. The van der Waals surface area contributed by atoms with E-state index in [1.807, 2.05) is 0 Å². The van der Waals surface area contributed by atoms with Gasteiger partial charge < -0.3 is 14.7 Å². The summed E-state index contributed by atoms with van der Waals surface area (Å²) in [5.74, 6) is 0.743. The molecule has 2 fully saturated rings. The van der Waals surface area contributed by atoms with Crippen molar-refractivity contribution in [3.63, 3.8) is 0 Å². The zero-order valence-corrected chi connectivity index (χ0v) is 10.2. The van der Waals surface area contributed by atoms with Gasteiger partial charge in [-0.1, -0.05) is 0 Å². The number of aliphatic hydroxyl groups is 1. The first-order valence-corrected chi connectivity index (χ1v) is 6.83. The van der Waals surface area contributed by atoms with E-state index in [2.05, 4.69) is 4.90 Å². The Morgan fingerprint density at radius 3 is 2.94 bits per heavy atom. The lowest BCUT2D eigenvalue weighted by Crippen LogP contribution is -2.23. The summed E-state index contributed by atoms with van der Waals surface area (Å²) in [5, 5.41) is 8.90. The number of rotatable bonds is 6. The fraction of sp³-hybridized carbons (Fsp3) is 1.00. The SMILES string of the molecule is OCCC1CCN(CCCC2CCCO2)C1. The van der Waals surface area contributed by atoms with E-state index in [9.17, 15) is 0 Å². The number of nitrogens with zero attached hydrogens (tertiary/aromatic N) is 1. The maximum absolute atomic E-state index is 8.90. The van der Waals surface area contributed by atoms with E-state index in [-0.39, 0.29) is 0 Å². The lowest BCUT2D eigenvalue weighted by Gasteiger charge is -2.17. The molecular weight excluding hydrogens is 202 g/mol. The van der Waals surface area contributed by atoms with Crippen LogP contribution in [0.4, 0.5) is 0 Å². The van der Waals surface area contributed by atoms with E-state index in [0.29, 0.717) is 12.7 Å². The molecule has 2 heterocycles. The Labute approximate surface area is 98.8 Å². The molecular formula is C13H25NO2. The highest BCUT2D eigenvalue weighted by Crippen LogP contribution is 2.21. The molecule has 0 saturated carbocycles. The maximum atomic E-state index is 8.90. The Bertz CT molecular complexity index is 192. The van der Waals surface area contributed by atoms with Crippen LogP contribution in [-0.4, -0.2) is 49.0 Å². The maximum Gasteiger partial charge on any atom is 0.0576 e. The molecule has 94 valence electrons. The molecule has 0 aromatic rings. The third-order valence-corrected chi connectivity index (χ3v) is 3.93. The molecule has 16 heavy (non-hydrogen) atoms. The number of hydrogen-bond donors (Lipinski definition) is 1. The molecule has 0 aromatic heterocycles. The van der Waals surface area contributed by atoms with Crippen molar-refractivity contribution in [2.45, 2.75) is 44.6 Å². The predicted octanol–water partition coefficient (Wildman–Crippen LogP) is 1.65. The summed E-state index contributed by atoms with van der Waals surface area (Å²) in [6.45, 7) is 4.99. The van der Waals surface area contributed by atoms with Crippen molar-refractivity contribution >= 4 is 0 Å². The highest BCUT2D eigenvalue weighted by Gasteiger charge is 2.22. The van der Waals surface area contributed by atoms with Crippen LogP contribution in [0.3, 0.4) is 0 Å². The minimum Gasteiger partial charge on any atom is -0.396 e. The van der Waals surface area contributed by atoms with Crippen LogP contribution in [0.15, 0.2) is 0 Å². The van der Waals surface area contributed by atoms with Crippen molar-refractivity contribution in [2.24, 2.45) is 5.92 Å². The van der Waals surface area contributed by atoms with Gasteiger partial charge in [-0.05, 0) is 57.5 Å². The smallest absolute Gasteiger partial charge is 0.0576 e. The van der Waals surface area contributed by atoms with Crippen LogP contribution >= 0.6 is 0 Å². The summed E-state index contributed by atoms with van der Waals surface area (Å²) in [4.78, 5) is 2.55. The zero-order valence-electron chi connectivity index (χ0n) is 10.2. The van der Waals surface area contributed by atoms with E-state index in [0.717, 1.165) is 18.9 Å². The van der Waals surface area contributed by atoms with Crippen LogP contribution in [0, 0.1) is 5.92 Å². The number of hydrogen-bond acceptors (Lipinski definition) is 3. The van der Waals surface area contributed by atoms with Gasteiger partial charge in [0.15, 0.2) is 0 Å². The molecule has 2 saturated heterocycles. The van der Waals surface area contributed by atoms with E-state index in [4.69, 9.17) is 9.84 Å². The lowest BCUT2D eigenvalue weighted by molar-refractivity contribution is 0.0995. The topological polar surface area (TPSA) is 32.7 Å². The van der Waals surface area contributed by atoms with Crippen molar-refractivity contribution in [1.82, 2.24) is 4.90 Å². The Kier molecular flexibility index (Phi) is 5.07. The minimum atomic E-state index is 0.356. The standard InChI is InChI=1S/C13H25NO2/c15-9-6-12-5-8-14(11-12)7-1-3-13-4-2-10-16-13/h12-13,15H,1-11H2. The Morgan fingerprint density at radius 1 is 1.25 bits per heavy atom. The Balaban J connectivity index is 1.53. The van der Waals surface area contributed by atoms with Crippen molar-refractivity contribution in [1.29, 1.82) is 0 Å². The first-order valence-electron chi connectivity index (χ1n) is 6.83. The lowest BCUT2D eigenvalue weighted by atomic mass is 10.1. The highest BCUT2D eigenvalue weighted by molar-refractivity contribution is 4.76. The van der Waals surface area contributed by atoms with Gasteiger partial charge in [-0.25, -0.2) is 0 Å². The van der Waals surface area contributed by atoms with Crippen molar-refractivity contribution < 1.29 is 9.84 Å². The zero-order chi connectivity index (χ0) is 11.2. The van der Waals surface area contributed by atoms with Gasteiger partial charge in [-0.3, -0.25) is 0 Å². The molecule has 0 spiro atoms. The molecule has 0 aromatic carbocycles. The van der Waals surface area contributed by atoms with Gasteiger partial charge in [0, 0.05) is 19.8 Å². The van der Waals surface area contributed by atoms with Crippen LogP contribution in [0.5, 0.6) is 0 Å². The predicted molar refractivity (Wildman–Crippen MR) is 64.5 cm³/mol. The van der Waals surface area contributed by atoms with Crippen molar-refractivity contribution in [3.05, 3.63) is 0 Å². The minimum absolute atomic E-state index is 0.356. The molecule has 0 radical (unpaired) electrons. The summed E-state index contributed by atoms with van der Waals surface area (Å²) in [5.41, 5.74) is 0. The van der Waals surface area contributed by atoms with Crippen LogP contribution in [0.25, 0.3) is 0 Å². The Hall–Kier alpha value is -0.120. The normalized spacial score (nSPS) is 31.3. The largest absolute Gasteiger partial charge is 0.396 e. The average Bonchev–Trinajstić information content (AvgIpc) is 2.90. The van der Waals surface area contributed by atoms with Gasteiger partial charge in [0.25, 0.3) is 0 Å². The van der Waals surface area contributed by atoms with Gasteiger partial charge in [-0.2, -0.15) is 0 Å². The van der Waals surface area contributed by atoms with E-state index in [1.54, 1.807) is 0 Å². The van der Waals surface area contributed by atoms with E-state index < -0.39 is 0 Å². The second kappa shape index (κ2) is 6.58.